The maximum absolute atomic E-state index is 13.7. The highest BCUT2D eigenvalue weighted by atomic mass is 32.2. The number of nitrogens with one attached hydrogen (secondary N) is 2. The van der Waals surface area contributed by atoms with E-state index in [1.54, 1.807) is 0 Å². The second kappa shape index (κ2) is 15.3. The highest BCUT2D eigenvalue weighted by Gasteiger charge is 2.52. The van der Waals surface area contributed by atoms with Crippen LogP contribution >= 0.6 is 0 Å². The monoisotopic (exact) mass is 606 g/mol. The topological polar surface area (TPSA) is 137 Å². The molecule has 2 saturated heterocycles. The van der Waals surface area contributed by atoms with E-state index in [1.807, 2.05) is 24.3 Å². The third-order valence-electron chi connectivity index (χ3n) is 9.01. The van der Waals surface area contributed by atoms with Crippen molar-refractivity contribution in [2.24, 2.45) is 17.8 Å². The van der Waals surface area contributed by atoms with Gasteiger partial charge in [-0.05, 0) is 42.7 Å². The van der Waals surface area contributed by atoms with Crippen LogP contribution in [0.4, 0.5) is 0 Å². The molecule has 1 aromatic rings. The van der Waals surface area contributed by atoms with Gasteiger partial charge in [0.05, 0.1) is 44.5 Å². The molecule has 2 aliphatic heterocycles. The summed E-state index contributed by atoms with van der Waals surface area (Å²) in [7, 11) is -2.47. The van der Waals surface area contributed by atoms with Crippen LogP contribution in [0.3, 0.4) is 0 Å². The molecule has 10 nitrogen and oxygen atoms in total. The van der Waals surface area contributed by atoms with E-state index in [0.717, 1.165) is 55.4 Å². The molecule has 3 aliphatic rings. The number of esters is 1. The molecule has 2 amide bonds. The van der Waals surface area contributed by atoms with Crippen molar-refractivity contribution in [1.82, 2.24) is 10.6 Å². The molecule has 234 valence electrons. The van der Waals surface area contributed by atoms with E-state index in [-0.39, 0.29) is 36.4 Å². The minimum Gasteiger partial charge on any atom is -0.469 e. The van der Waals surface area contributed by atoms with Gasteiger partial charge in [0.2, 0.25) is 11.8 Å². The number of rotatable bonds is 15. The maximum Gasteiger partial charge on any atom is 0.309 e. The Hall–Kier alpha value is -2.50. The fourth-order valence-corrected chi connectivity index (χ4v) is 7.20. The summed E-state index contributed by atoms with van der Waals surface area (Å²) in [6.07, 6.45) is 12.3. The summed E-state index contributed by atoms with van der Waals surface area (Å²) in [5.74, 6) is -1.05. The van der Waals surface area contributed by atoms with Crippen LogP contribution in [0, 0.1) is 17.8 Å². The van der Waals surface area contributed by atoms with Crippen molar-refractivity contribution >= 4 is 27.9 Å². The predicted octanol–water partition coefficient (Wildman–Crippen LogP) is 3.07. The van der Waals surface area contributed by atoms with Crippen LogP contribution in [-0.4, -0.2) is 71.0 Å². The molecule has 1 aromatic carbocycles. The Morgan fingerprint density at radius 1 is 1.00 bits per heavy atom. The zero-order valence-electron chi connectivity index (χ0n) is 24.8. The smallest absolute Gasteiger partial charge is 0.309 e. The highest BCUT2D eigenvalue weighted by Crippen LogP contribution is 2.45. The molecular formula is C31H46N2O8S. The van der Waals surface area contributed by atoms with Crippen molar-refractivity contribution < 1.29 is 36.5 Å². The van der Waals surface area contributed by atoms with E-state index in [1.165, 1.54) is 39.2 Å². The van der Waals surface area contributed by atoms with Crippen LogP contribution in [-0.2, 0) is 51.0 Å². The van der Waals surface area contributed by atoms with Gasteiger partial charge in [-0.15, -0.1) is 0 Å². The normalized spacial score (nSPS) is 24.7. The molecule has 11 heteroatoms. The molecule has 0 aromatic heterocycles. The molecular weight excluding hydrogens is 560 g/mol. The first-order valence-corrected chi connectivity index (χ1v) is 17.2. The predicted molar refractivity (Wildman–Crippen MR) is 157 cm³/mol. The molecule has 42 heavy (non-hydrogen) atoms. The fourth-order valence-electron chi connectivity index (χ4n) is 6.82. The average Bonchev–Trinajstić information content (AvgIpc) is 3.58. The summed E-state index contributed by atoms with van der Waals surface area (Å²) in [5.41, 5.74) is 1.79. The maximum atomic E-state index is 13.7. The number of carbonyl (C=O) groups excluding carboxylic acids is 3. The molecule has 3 fully saturated rings. The van der Waals surface area contributed by atoms with Gasteiger partial charge >= 0.3 is 5.97 Å². The molecule has 2 heterocycles. The number of fused-ring (bicyclic) bond motifs is 2. The average molecular weight is 607 g/mol. The van der Waals surface area contributed by atoms with E-state index < -0.39 is 34.6 Å². The van der Waals surface area contributed by atoms with Gasteiger partial charge in [0.25, 0.3) is 10.1 Å². The fraction of sp³-hybridized carbons (Fsp3) is 0.710. The van der Waals surface area contributed by atoms with E-state index >= 15 is 0 Å². The van der Waals surface area contributed by atoms with Crippen molar-refractivity contribution in [2.45, 2.75) is 95.3 Å². The lowest BCUT2D eigenvalue weighted by molar-refractivity contribution is -0.139. The van der Waals surface area contributed by atoms with Crippen molar-refractivity contribution in [3.05, 3.63) is 35.4 Å². The van der Waals surface area contributed by atoms with Crippen molar-refractivity contribution in [2.75, 3.05) is 26.5 Å². The summed E-state index contributed by atoms with van der Waals surface area (Å²) in [5, 5.41) is 5.65. The van der Waals surface area contributed by atoms with Crippen LogP contribution in [0.5, 0.6) is 0 Å². The number of methoxy groups -OCH3 is 1. The van der Waals surface area contributed by atoms with Crippen LogP contribution in [0.1, 0.15) is 75.3 Å². The zero-order valence-corrected chi connectivity index (χ0v) is 25.7. The van der Waals surface area contributed by atoms with Gasteiger partial charge in [0, 0.05) is 12.5 Å². The van der Waals surface area contributed by atoms with Gasteiger partial charge in [0.15, 0.2) is 0 Å². The van der Waals surface area contributed by atoms with Gasteiger partial charge in [-0.1, -0.05) is 69.2 Å². The summed E-state index contributed by atoms with van der Waals surface area (Å²) in [6, 6.07) is 6.44. The summed E-state index contributed by atoms with van der Waals surface area (Å²) in [4.78, 5) is 38.8. The van der Waals surface area contributed by atoms with Gasteiger partial charge in [-0.2, -0.15) is 8.42 Å². The van der Waals surface area contributed by atoms with E-state index in [4.69, 9.17) is 13.7 Å². The largest absolute Gasteiger partial charge is 0.469 e. The molecule has 0 radical (unpaired) electrons. The summed E-state index contributed by atoms with van der Waals surface area (Å²) in [6.45, 7) is -0.0274. The molecule has 0 spiro atoms. The minimum atomic E-state index is -3.82. The Morgan fingerprint density at radius 2 is 1.71 bits per heavy atom. The SMILES string of the molecule is COC(=O)Cc1ccccc1C[C@@H]1[C@H](C(=O)N[C@@H](COS(C)(=O)=O)C(=O)NCCCCC2CCCCC2)[C@H]2CC[C@@H]1O2. The quantitative estimate of drug-likeness (QED) is 0.177. The number of benzene rings is 1. The number of amides is 2. The lowest BCUT2D eigenvalue weighted by Gasteiger charge is -2.29. The first-order valence-electron chi connectivity index (χ1n) is 15.4. The Bertz CT molecular complexity index is 1180. The first-order chi connectivity index (χ1) is 20.1. The Kier molecular flexibility index (Phi) is 11.8. The second-order valence-electron chi connectivity index (χ2n) is 12.0. The standard InChI is InChI=1S/C31H46N2O8S/c1-39-28(34)19-23-14-7-6-13-22(23)18-24-26-15-16-27(41-26)29(24)31(36)33-25(20-40-42(2,37)38)30(35)32-17-9-8-12-21-10-4-3-5-11-21/h6-7,13-14,21,24-27,29H,3-5,8-12,15-20H2,1-2H3,(H,32,35)(H,33,36)/t24-,25-,26-,27+,29-/m0/s1. The molecule has 4 rings (SSSR count). The van der Waals surface area contributed by atoms with Crippen molar-refractivity contribution in [1.29, 1.82) is 0 Å². The van der Waals surface area contributed by atoms with Gasteiger partial charge < -0.3 is 20.1 Å². The van der Waals surface area contributed by atoms with E-state index in [2.05, 4.69) is 10.6 Å². The Balaban J connectivity index is 1.38. The first kappa shape index (κ1) is 32.4. The van der Waals surface area contributed by atoms with Crippen molar-refractivity contribution in [3.63, 3.8) is 0 Å². The Labute approximate surface area is 249 Å². The second-order valence-corrected chi connectivity index (χ2v) is 13.7. The Morgan fingerprint density at radius 3 is 2.43 bits per heavy atom. The van der Waals surface area contributed by atoms with Crippen LogP contribution in [0.25, 0.3) is 0 Å². The van der Waals surface area contributed by atoms with Gasteiger partial charge in [0.1, 0.15) is 6.04 Å². The number of ether oxygens (including phenoxy) is 2. The summed E-state index contributed by atoms with van der Waals surface area (Å²) < 4.78 is 39.4. The number of hydrogen-bond acceptors (Lipinski definition) is 8. The third kappa shape index (κ3) is 9.25. The molecule has 1 saturated carbocycles. The zero-order chi connectivity index (χ0) is 30.1. The lowest BCUT2D eigenvalue weighted by Crippen LogP contribution is -2.53. The molecule has 2 N–H and O–H groups in total. The molecule has 0 unspecified atom stereocenters. The van der Waals surface area contributed by atoms with Crippen LogP contribution in [0.15, 0.2) is 24.3 Å². The van der Waals surface area contributed by atoms with Crippen molar-refractivity contribution in [3.8, 4) is 0 Å². The number of unbranched alkanes of at least 4 members (excludes halogenated alkanes) is 1. The molecule has 1 aliphatic carbocycles. The van der Waals surface area contributed by atoms with Gasteiger partial charge in [-0.3, -0.25) is 18.6 Å². The molecule has 5 atom stereocenters. The number of hydrogen-bond donors (Lipinski definition) is 2. The molecule has 2 bridgehead atoms. The lowest BCUT2D eigenvalue weighted by atomic mass is 9.75. The number of carbonyl (C=O) groups is 3. The van der Waals surface area contributed by atoms with Gasteiger partial charge in [-0.25, -0.2) is 0 Å². The third-order valence-corrected chi connectivity index (χ3v) is 9.57. The minimum absolute atomic E-state index is 0.111. The van der Waals surface area contributed by atoms with Crippen LogP contribution < -0.4 is 10.6 Å². The van der Waals surface area contributed by atoms with Crippen LogP contribution in [0.2, 0.25) is 0 Å². The highest BCUT2D eigenvalue weighted by molar-refractivity contribution is 7.85. The van der Waals surface area contributed by atoms with E-state index in [9.17, 15) is 22.8 Å². The summed E-state index contributed by atoms with van der Waals surface area (Å²) >= 11 is 0. The van der Waals surface area contributed by atoms with E-state index in [0.29, 0.717) is 13.0 Å².